The molecule has 0 unspecified atom stereocenters. The van der Waals surface area contributed by atoms with Crippen molar-refractivity contribution in [2.24, 2.45) is 5.73 Å². The maximum atomic E-state index is 12.2. The maximum absolute atomic E-state index is 12.2. The van der Waals surface area contributed by atoms with Crippen LogP contribution in [0.5, 0.6) is 0 Å². The smallest absolute Gasteiger partial charge is 0.313 e. The second-order valence-corrected chi connectivity index (χ2v) is 5.77. The van der Waals surface area contributed by atoms with Crippen LogP contribution in [0.4, 0.5) is 5.69 Å². The molecule has 0 spiro atoms. The summed E-state index contributed by atoms with van der Waals surface area (Å²) in [5.41, 5.74) is 6.94. The first-order valence-electron chi connectivity index (χ1n) is 7.30. The second kappa shape index (κ2) is 7.58. The van der Waals surface area contributed by atoms with E-state index >= 15 is 0 Å². The number of hydrogen-bond donors (Lipinski definition) is 2. The fourth-order valence-corrected chi connectivity index (χ4v) is 2.58. The Morgan fingerprint density at radius 2 is 1.95 bits per heavy atom. The van der Waals surface area contributed by atoms with Crippen molar-refractivity contribution in [1.29, 1.82) is 0 Å². The molecule has 0 saturated carbocycles. The third kappa shape index (κ3) is 4.19. The van der Waals surface area contributed by atoms with Gasteiger partial charge >= 0.3 is 11.8 Å². The van der Waals surface area contributed by atoms with E-state index in [4.69, 9.17) is 17.3 Å². The van der Waals surface area contributed by atoms with Crippen molar-refractivity contribution in [2.75, 3.05) is 44.6 Å². The summed E-state index contributed by atoms with van der Waals surface area (Å²) in [7, 11) is 0. The van der Waals surface area contributed by atoms with Gasteiger partial charge in [-0.2, -0.15) is 0 Å². The number of carbonyl (C=O) groups is 2. The van der Waals surface area contributed by atoms with E-state index in [2.05, 4.69) is 10.2 Å². The van der Waals surface area contributed by atoms with E-state index < -0.39 is 11.8 Å². The molecular formula is C15H21ClN4O2. The molecule has 1 heterocycles. The predicted octanol–water partition coefficient (Wildman–Crippen LogP) is 0.690. The van der Waals surface area contributed by atoms with Gasteiger partial charge in [-0.05, 0) is 24.6 Å². The second-order valence-electron chi connectivity index (χ2n) is 5.34. The Hall–Kier alpha value is -1.63. The number of rotatable bonds is 3. The standard InChI is InChI=1S/C15H21ClN4O2/c1-11-2-3-12(16)10-13(11)18-14(21)15(22)20-8-6-19(5-4-17)7-9-20/h2-3,10H,4-9,17H2,1H3,(H,18,21). The Morgan fingerprint density at radius 3 is 2.59 bits per heavy atom. The summed E-state index contributed by atoms with van der Waals surface area (Å²) in [5, 5.41) is 3.15. The van der Waals surface area contributed by atoms with E-state index in [1.54, 1.807) is 23.1 Å². The molecule has 0 aromatic heterocycles. The van der Waals surface area contributed by atoms with Crippen molar-refractivity contribution in [3.05, 3.63) is 28.8 Å². The van der Waals surface area contributed by atoms with Crippen molar-refractivity contribution < 1.29 is 9.59 Å². The van der Waals surface area contributed by atoms with Gasteiger partial charge in [-0.3, -0.25) is 14.5 Å². The molecule has 0 atom stereocenters. The van der Waals surface area contributed by atoms with Crippen LogP contribution in [0.25, 0.3) is 0 Å². The van der Waals surface area contributed by atoms with Crippen LogP contribution in [0.3, 0.4) is 0 Å². The molecule has 1 fully saturated rings. The van der Waals surface area contributed by atoms with Gasteiger partial charge in [0.1, 0.15) is 0 Å². The van der Waals surface area contributed by atoms with Crippen LogP contribution in [0, 0.1) is 6.92 Å². The monoisotopic (exact) mass is 324 g/mol. The molecule has 0 aliphatic carbocycles. The van der Waals surface area contributed by atoms with Crippen molar-refractivity contribution >= 4 is 29.1 Å². The lowest BCUT2D eigenvalue weighted by Crippen LogP contribution is -2.52. The number of nitrogens with zero attached hydrogens (tertiary/aromatic N) is 2. The van der Waals surface area contributed by atoms with Crippen LogP contribution >= 0.6 is 11.6 Å². The number of hydrogen-bond acceptors (Lipinski definition) is 4. The van der Waals surface area contributed by atoms with Crippen molar-refractivity contribution in [3.8, 4) is 0 Å². The molecule has 7 heteroatoms. The van der Waals surface area contributed by atoms with Gasteiger partial charge in [0.05, 0.1) is 0 Å². The van der Waals surface area contributed by atoms with Gasteiger partial charge in [-0.25, -0.2) is 0 Å². The third-order valence-corrected chi connectivity index (χ3v) is 3.98. The van der Waals surface area contributed by atoms with Crippen LogP contribution in [0.2, 0.25) is 5.02 Å². The number of aryl methyl sites for hydroxylation is 1. The lowest BCUT2D eigenvalue weighted by atomic mass is 10.2. The quantitative estimate of drug-likeness (QED) is 0.802. The highest BCUT2D eigenvalue weighted by atomic mass is 35.5. The van der Waals surface area contributed by atoms with Crippen LogP contribution in [0.1, 0.15) is 5.56 Å². The number of nitrogens with one attached hydrogen (secondary N) is 1. The molecule has 1 aromatic carbocycles. The normalized spacial score (nSPS) is 15.7. The highest BCUT2D eigenvalue weighted by molar-refractivity contribution is 6.39. The number of piperazine rings is 1. The molecule has 0 radical (unpaired) electrons. The number of amides is 2. The highest BCUT2D eigenvalue weighted by Gasteiger charge is 2.26. The van der Waals surface area contributed by atoms with Crippen molar-refractivity contribution in [2.45, 2.75) is 6.92 Å². The lowest BCUT2D eigenvalue weighted by Gasteiger charge is -2.34. The Labute approximate surface area is 135 Å². The fourth-order valence-electron chi connectivity index (χ4n) is 2.41. The number of benzene rings is 1. The van der Waals surface area contributed by atoms with E-state index in [9.17, 15) is 9.59 Å². The van der Waals surface area contributed by atoms with Crippen molar-refractivity contribution in [1.82, 2.24) is 9.80 Å². The molecular weight excluding hydrogens is 304 g/mol. The molecule has 1 aliphatic heterocycles. The molecule has 2 amide bonds. The number of anilines is 1. The molecule has 3 N–H and O–H groups in total. The Kier molecular flexibility index (Phi) is 5.76. The van der Waals surface area contributed by atoms with E-state index in [0.29, 0.717) is 30.3 Å². The third-order valence-electron chi connectivity index (χ3n) is 3.75. The van der Waals surface area contributed by atoms with E-state index in [-0.39, 0.29) is 0 Å². The largest absolute Gasteiger partial charge is 0.332 e. The lowest BCUT2D eigenvalue weighted by molar-refractivity contribution is -0.144. The Bertz CT molecular complexity index is 556. The summed E-state index contributed by atoms with van der Waals surface area (Å²) in [4.78, 5) is 28.1. The average Bonchev–Trinajstić information content (AvgIpc) is 2.51. The van der Waals surface area contributed by atoms with Gasteiger partial charge in [-0.1, -0.05) is 17.7 Å². The molecule has 22 heavy (non-hydrogen) atoms. The molecule has 120 valence electrons. The summed E-state index contributed by atoms with van der Waals surface area (Å²) in [5.74, 6) is -1.13. The molecule has 0 bridgehead atoms. The zero-order chi connectivity index (χ0) is 16.1. The Morgan fingerprint density at radius 1 is 1.27 bits per heavy atom. The minimum absolute atomic E-state index is 0.508. The zero-order valence-corrected chi connectivity index (χ0v) is 13.4. The maximum Gasteiger partial charge on any atom is 0.313 e. The fraction of sp³-hybridized carbons (Fsp3) is 0.467. The first kappa shape index (κ1) is 16.7. The van der Waals surface area contributed by atoms with Crippen LogP contribution < -0.4 is 11.1 Å². The van der Waals surface area contributed by atoms with Gasteiger partial charge in [-0.15, -0.1) is 0 Å². The minimum atomic E-state index is -0.627. The first-order chi connectivity index (χ1) is 10.5. The summed E-state index contributed by atoms with van der Waals surface area (Å²) < 4.78 is 0. The van der Waals surface area contributed by atoms with Gasteiger partial charge in [0.15, 0.2) is 0 Å². The highest BCUT2D eigenvalue weighted by Crippen LogP contribution is 2.20. The molecule has 1 saturated heterocycles. The summed E-state index contributed by atoms with van der Waals surface area (Å²) in [6, 6.07) is 5.18. The summed E-state index contributed by atoms with van der Waals surface area (Å²) >= 11 is 5.91. The minimum Gasteiger partial charge on any atom is -0.332 e. The van der Waals surface area contributed by atoms with Gasteiger partial charge in [0, 0.05) is 50.0 Å². The van der Waals surface area contributed by atoms with E-state index in [0.717, 1.165) is 25.2 Å². The zero-order valence-electron chi connectivity index (χ0n) is 12.6. The van der Waals surface area contributed by atoms with Crippen molar-refractivity contribution in [3.63, 3.8) is 0 Å². The average molecular weight is 325 g/mol. The molecule has 2 rings (SSSR count). The van der Waals surface area contributed by atoms with Gasteiger partial charge < -0.3 is 16.0 Å². The topological polar surface area (TPSA) is 78.7 Å². The Balaban J connectivity index is 1.93. The predicted molar refractivity (Wildman–Crippen MR) is 86.9 cm³/mol. The van der Waals surface area contributed by atoms with E-state index in [1.165, 1.54) is 0 Å². The number of nitrogens with two attached hydrogens (primary N) is 1. The number of halogens is 1. The van der Waals surface area contributed by atoms with Crippen LogP contribution in [-0.2, 0) is 9.59 Å². The summed E-state index contributed by atoms with van der Waals surface area (Å²) in [6.45, 7) is 5.83. The van der Waals surface area contributed by atoms with Crippen LogP contribution in [-0.4, -0.2) is 60.9 Å². The first-order valence-corrected chi connectivity index (χ1v) is 7.68. The van der Waals surface area contributed by atoms with E-state index in [1.807, 2.05) is 6.92 Å². The molecule has 1 aromatic rings. The van der Waals surface area contributed by atoms with Crippen LogP contribution in [0.15, 0.2) is 18.2 Å². The van der Waals surface area contributed by atoms with Gasteiger partial charge in [0.2, 0.25) is 0 Å². The number of carbonyl (C=O) groups excluding carboxylic acids is 2. The summed E-state index contributed by atoms with van der Waals surface area (Å²) in [6.07, 6.45) is 0. The SMILES string of the molecule is Cc1ccc(Cl)cc1NC(=O)C(=O)N1CCN(CCN)CC1. The molecule has 1 aliphatic rings. The van der Waals surface area contributed by atoms with Gasteiger partial charge in [0.25, 0.3) is 0 Å². The molecule has 6 nitrogen and oxygen atoms in total.